The van der Waals surface area contributed by atoms with Gasteiger partial charge in [0.05, 0.1) is 19.3 Å². The summed E-state index contributed by atoms with van der Waals surface area (Å²) in [5.74, 6) is 0.591. The molecule has 0 radical (unpaired) electrons. The van der Waals surface area contributed by atoms with Gasteiger partial charge < -0.3 is 9.64 Å². The molecule has 0 saturated carbocycles. The van der Waals surface area contributed by atoms with Gasteiger partial charge in [0.15, 0.2) is 0 Å². The van der Waals surface area contributed by atoms with Crippen molar-refractivity contribution in [2.24, 2.45) is 0 Å². The SMILES string of the molecule is Cc1cccc(NC(=O)N2CCOCC2C)n1. The lowest BCUT2D eigenvalue weighted by Crippen LogP contribution is -2.49. The zero-order valence-electron chi connectivity index (χ0n) is 10.1. The Labute approximate surface area is 101 Å². The third-order valence-electron chi connectivity index (χ3n) is 2.75. The fourth-order valence-electron chi connectivity index (χ4n) is 1.82. The predicted octanol–water partition coefficient (Wildman–Crippen LogP) is 1.64. The molecule has 5 nitrogen and oxygen atoms in total. The van der Waals surface area contributed by atoms with E-state index in [1.54, 1.807) is 11.0 Å². The number of carbonyl (C=O) groups is 1. The van der Waals surface area contributed by atoms with Gasteiger partial charge in [-0.25, -0.2) is 9.78 Å². The summed E-state index contributed by atoms with van der Waals surface area (Å²) in [7, 11) is 0. The van der Waals surface area contributed by atoms with Crippen molar-refractivity contribution in [2.75, 3.05) is 25.1 Å². The van der Waals surface area contributed by atoms with E-state index in [1.807, 2.05) is 26.0 Å². The molecule has 0 aromatic carbocycles. The van der Waals surface area contributed by atoms with Gasteiger partial charge in [-0.3, -0.25) is 5.32 Å². The molecule has 1 aliphatic heterocycles. The van der Waals surface area contributed by atoms with Gasteiger partial charge in [-0.05, 0) is 26.0 Å². The number of ether oxygens (including phenoxy) is 1. The van der Waals surface area contributed by atoms with E-state index in [4.69, 9.17) is 4.74 Å². The highest BCUT2D eigenvalue weighted by Gasteiger charge is 2.23. The quantitative estimate of drug-likeness (QED) is 0.805. The standard InChI is InChI=1S/C12H17N3O2/c1-9-4-3-5-11(13-9)14-12(16)15-6-7-17-8-10(15)2/h3-5,10H,6-8H2,1-2H3,(H,13,14,16). The molecule has 92 valence electrons. The van der Waals surface area contributed by atoms with Crippen LogP contribution in [-0.2, 0) is 4.74 Å². The highest BCUT2D eigenvalue weighted by Crippen LogP contribution is 2.10. The summed E-state index contributed by atoms with van der Waals surface area (Å²) in [5, 5.41) is 2.80. The zero-order valence-corrected chi connectivity index (χ0v) is 10.1. The van der Waals surface area contributed by atoms with Gasteiger partial charge in [0.1, 0.15) is 5.82 Å². The number of carbonyl (C=O) groups excluding carboxylic acids is 1. The smallest absolute Gasteiger partial charge is 0.323 e. The third-order valence-corrected chi connectivity index (χ3v) is 2.75. The molecular weight excluding hydrogens is 218 g/mol. The van der Waals surface area contributed by atoms with Crippen LogP contribution in [0.2, 0.25) is 0 Å². The van der Waals surface area contributed by atoms with Gasteiger partial charge >= 0.3 is 6.03 Å². The summed E-state index contributed by atoms with van der Waals surface area (Å²) in [6.07, 6.45) is 0. The maximum Gasteiger partial charge on any atom is 0.323 e. The number of rotatable bonds is 1. The first-order chi connectivity index (χ1) is 8.16. The minimum atomic E-state index is -0.112. The molecule has 17 heavy (non-hydrogen) atoms. The normalized spacial score (nSPS) is 20.1. The van der Waals surface area contributed by atoms with Crippen LogP contribution >= 0.6 is 0 Å². The zero-order chi connectivity index (χ0) is 12.3. The van der Waals surface area contributed by atoms with Gasteiger partial charge in [-0.2, -0.15) is 0 Å². The second-order valence-corrected chi connectivity index (χ2v) is 4.21. The largest absolute Gasteiger partial charge is 0.377 e. The number of hydrogen-bond acceptors (Lipinski definition) is 3. The molecular formula is C12H17N3O2. The van der Waals surface area contributed by atoms with E-state index in [9.17, 15) is 4.79 Å². The van der Waals surface area contributed by atoms with Crippen molar-refractivity contribution >= 4 is 11.8 Å². The van der Waals surface area contributed by atoms with Crippen LogP contribution in [0.25, 0.3) is 0 Å². The Balaban J connectivity index is 2.01. The van der Waals surface area contributed by atoms with Crippen LogP contribution in [0.1, 0.15) is 12.6 Å². The van der Waals surface area contributed by atoms with E-state index in [2.05, 4.69) is 10.3 Å². The van der Waals surface area contributed by atoms with E-state index in [0.717, 1.165) is 5.69 Å². The van der Waals surface area contributed by atoms with E-state index >= 15 is 0 Å². The lowest BCUT2D eigenvalue weighted by molar-refractivity contribution is 0.0221. The Morgan fingerprint density at radius 1 is 1.59 bits per heavy atom. The second kappa shape index (κ2) is 5.14. The number of urea groups is 1. The number of morpholine rings is 1. The molecule has 0 spiro atoms. The van der Waals surface area contributed by atoms with Gasteiger partial charge in [0.25, 0.3) is 0 Å². The number of pyridine rings is 1. The number of hydrogen-bond donors (Lipinski definition) is 1. The molecule has 1 aromatic rings. The Morgan fingerprint density at radius 3 is 3.12 bits per heavy atom. The second-order valence-electron chi connectivity index (χ2n) is 4.21. The Kier molecular flexibility index (Phi) is 3.58. The molecule has 5 heteroatoms. The first-order valence-corrected chi connectivity index (χ1v) is 5.76. The third kappa shape index (κ3) is 2.94. The fraction of sp³-hybridized carbons (Fsp3) is 0.500. The number of amides is 2. The molecule has 2 amide bonds. The summed E-state index contributed by atoms with van der Waals surface area (Å²) in [4.78, 5) is 18.0. The summed E-state index contributed by atoms with van der Waals surface area (Å²) in [6.45, 7) is 5.68. The lowest BCUT2D eigenvalue weighted by atomic mass is 10.3. The molecule has 0 bridgehead atoms. The summed E-state index contributed by atoms with van der Waals surface area (Å²) >= 11 is 0. The summed E-state index contributed by atoms with van der Waals surface area (Å²) in [6, 6.07) is 5.55. The number of anilines is 1. The lowest BCUT2D eigenvalue weighted by Gasteiger charge is -2.33. The van der Waals surface area contributed by atoms with Crippen molar-refractivity contribution in [1.29, 1.82) is 0 Å². The first-order valence-electron chi connectivity index (χ1n) is 5.76. The van der Waals surface area contributed by atoms with Gasteiger partial charge in [0.2, 0.25) is 0 Å². The molecule has 2 rings (SSSR count). The van der Waals surface area contributed by atoms with Crippen molar-refractivity contribution in [3.63, 3.8) is 0 Å². The average Bonchev–Trinajstić information content (AvgIpc) is 2.29. The first kappa shape index (κ1) is 11.9. The molecule has 1 fully saturated rings. The molecule has 1 aromatic heterocycles. The number of nitrogens with zero attached hydrogens (tertiary/aromatic N) is 2. The number of aryl methyl sites for hydroxylation is 1. The van der Waals surface area contributed by atoms with Crippen LogP contribution < -0.4 is 5.32 Å². The molecule has 1 atom stereocenters. The maximum atomic E-state index is 12.0. The van der Waals surface area contributed by atoms with Crippen molar-refractivity contribution < 1.29 is 9.53 Å². The van der Waals surface area contributed by atoms with Crippen LogP contribution in [-0.4, -0.2) is 41.7 Å². The highest BCUT2D eigenvalue weighted by molar-refractivity contribution is 5.88. The molecule has 1 aliphatic rings. The van der Waals surface area contributed by atoms with E-state index in [1.165, 1.54) is 0 Å². The molecule has 1 N–H and O–H groups in total. The molecule has 1 saturated heterocycles. The Hall–Kier alpha value is -1.62. The van der Waals surface area contributed by atoms with Gasteiger partial charge in [-0.15, -0.1) is 0 Å². The topological polar surface area (TPSA) is 54.5 Å². The van der Waals surface area contributed by atoms with E-state index in [-0.39, 0.29) is 12.1 Å². The predicted molar refractivity (Wildman–Crippen MR) is 65.0 cm³/mol. The minimum Gasteiger partial charge on any atom is -0.377 e. The van der Waals surface area contributed by atoms with Gasteiger partial charge in [-0.1, -0.05) is 6.07 Å². The van der Waals surface area contributed by atoms with E-state index in [0.29, 0.717) is 25.6 Å². The summed E-state index contributed by atoms with van der Waals surface area (Å²) < 4.78 is 5.29. The van der Waals surface area contributed by atoms with Crippen LogP contribution in [0.4, 0.5) is 10.6 Å². The Bertz CT molecular complexity index is 408. The minimum absolute atomic E-state index is 0.105. The van der Waals surface area contributed by atoms with Crippen LogP contribution in [0.15, 0.2) is 18.2 Å². The van der Waals surface area contributed by atoms with Crippen LogP contribution in [0, 0.1) is 6.92 Å². The van der Waals surface area contributed by atoms with Crippen LogP contribution in [0.3, 0.4) is 0 Å². The molecule has 1 unspecified atom stereocenters. The Morgan fingerprint density at radius 2 is 2.41 bits per heavy atom. The molecule has 0 aliphatic carbocycles. The monoisotopic (exact) mass is 235 g/mol. The summed E-state index contributed by atoms with van der Waals surface area (Å²) in [5.41, 5.74) is 0.887. The maximum absolute atomic E-state index is 12.0. The molecule has 2 heterocycles. The van der Waals surface area contributed by atoms with Crippen molar-refractivity contribution in [1.82, 2.24) is 9.88 Å². The van der Waals surface area contributed by atoms with Crippen molar-refractivity contribution in [3.8, 4) is 0 Å². The fourth-order valence-corrected chi connectivity index (χ4v) is 1.82. The van der Waals surface area contributed by atoms with Crippen LogP contribution in [0.5, 0.6) is 0 Å². The number of aromatic nitrogens is 1. The average molecular weight is 235 g/mol. The van der Waals surface area contributed by atoms with Crippen molar-refractivity contribution in [3.05, 3.63) is 23.9 Å². The van der Waals surface area contributed by atoms with Gasteiger partial charge in [0, 0.05) is 12.2 Å². The highest BCUT2D eigenvalue weighted by atomic mass is 16.5. The number of nitrogens with one attached hydrogen (secondary N) is 1. The van der Waals surface area contributed by atoms with Crippen molar-refractivity contribution in [2.45, 2.75) is 19.9 Å². The van der Waals surface area contributed by atoms with E-state index < -0.39 is 0 Å².